The molecule has 0 saturated heterocycles. The molecule has 6 rings (SSSR count). The molecule has 0 fully saturated rings. The molecule has 1 aliphatic heterocycles. The standard InChI is InChI=1S/C29H24F3N5O/c1-4-37-24-15-23-22(14-20(24)28(2,3)27(37)38)33-26(34-23)25-19-12-9-17(13-21(19)35-36-25)6-5-16-7-10-18(11-8-16)29(30,31)32/h5-15H,4H2,1-3H3,(H,33,34)(H,35,36). The minimum atomic E-state index is -4.35. The fraction of sp³-hybridized carbons (Fsp3) is 0.207. The van der Waals surface area contributed by atoms with Gasteiger partial charge in [0.25, 0.3) is 0 Å². The second-order valence-corrected chi connectivity index (χ2v) is 9.98. The van der Waals surface area contributed by atoms with Gasteiger partial charge in [0.1, 0.15) is 5.69 Å². The van der Waals surface area contributed by atoms with Crippen LogP contribution in [0, 0.1) is 0 Å². The molecule has 0 spiro atoms. The van der Waals surface area contributed by atoms with E-state index in [9.17, 15) is 18.0 Å². The number of anilines is 1. The first-order valence-corrected chi connectivity index (χ1v) is 12.3. The molecule has 9 heteroatoms. The molecule has 3 heterocycles. The highest BCUT2D eigenvalue weighted by molar-refractivity contribution is 6.09. The van der Waals surface area contributed by atoms with Crippen molar-refractivity contribution in [2.75, 3.05) is 11.4 Å². The molecule has 0 bridgehead atoms. The Hall–Kier alpha value is -4.40. The third kappa shape index (κ3) is 3.77. The highest BCUT2D eigenvalue weighted by Gasteiger charge is 2.43. The van der Waals surface area contributed by atoms with E-state index < -0.39 is 17.2 Å². The molecule has 2 N–H and O–H groups in total. The molecule has 5 aromatic rings. The molecule has 38 heavy (non-hydrogen) atoms. The highest BCUT2D eigenvalue weighted by Crippen LogP contribution is 2.43. The number of halogens is 3. The fourth-order valence-electron chi connectivity index (χ4n) is 5.05. The predicted octanol–water partition coefficient (Wildman–Crippen LogP) is 6.94. The average Bonchev–Trinajstić information content (AvgIpc) is 3.54. The van der Waals surface area contributed by atoms with Crippen molar-refractivity contribution in [1.82, 2.24) is 20.2 Å². The van der Waals surface area contributed by atoms with E-state index in [1.165, 1.54) is 12.1 Å². The minimum Gasteiger partial charge on any atom is -0.337 e. The van der Waals surface area contributed by atoms with E-state index in [4.69, 9.17) is 4.98 Å². The molecule has 1 amide bonds. The van der Waals surface area contributed by atoms with Crippen molar-refractivity contribution < 1.29 is 18.0 Å². The number of H-pyrrole nitrogens is 2. The van der Waals surface area contributed by atoms with Gasteiger partial charge >= 0.3 is 6.18 Å². The second-order valence-electron chi connectivity index (χ2n) is 9.98. The lowest BCUT2D eigenvalue weighted by atomic mass is 9.86. The molecule has 1 aliphatic rings. The zero-order chi connectivity index (χ0) is 26.8. The van der Waals surface area contributed by atoms with Gasteiger partial charge in [-0.1, -0.05) is 30.4 Å². The SMILES string of the molecule is CCN1C(=O)C(C)(C)c2cc3[nH]c(-c4n[nH]c5cc(C=Cc6ccc(C(F)(F)F)cc6)ccc45)nc3cc21. The lowest BCUT2D eigenvalue weighted by Crippen LogP contribution is -2.35. The topological polar surface area (TPSA) is 77.7 Å². The van der Waals surface area contributed by atoms with Gasteiger partial charge in [-0.25, -0.2) is 4.98 Å². The summed E-state index contributed by atoms with van der Waals surface area (Å²) >= 11 is 0. The second kappa shape index (κ2) is 8.31. The van der Waals surface area contributed by atoms with Gasteiger partial charge in [0.05, 0.1) is 33.2 Å². The smallest absolute Gasteiger partial charge is 0.337 e. The number of nitrogens with one attached hydrogen (secondary N) is 2. The van der Waals surface area contributed by atoms with Gasteiger partial charge in [-0.2, -0.15) is 18.3 Å². The molecule has 0 aliphatic carbocycles. The first-order valence-electron chi connectivity index (χ1n) is 12.3. The van der Waals surface area contributed by atoms with Gasteiger partial charge in [0.15, 0.2) is 5.82 Å². The summed E-state index contributed by atoms with van der Waals surface area (Å²) in [5, 5.41) is 8.43. The van der Waals surface area contributed by atoms with E-state index in [-0.39, 0.29) is 5.91 Å². The van der Waals surface area contributed by atoms with Crippen LogP contribution in [0.4, 0.5) is 18.9 Å². The molecular formula is C29H24F3N5O. The summed E-state index contributed by atoms with van der Waals surface area (Å²) in [6.07, 6.45) is -0.742. The molecule has 3 aromatic carbocycles. The summed E-state index contributed by atoms with van der Waals surface area (Å²) in [7, 11) is 0. The van der Waals surface area contributed by atoms with E-state index in [2.05, 4.69) is 15.2 Å². The number of rotatable bonds is 4. The van der Waals surface area contributed by atoms with Crippen molar-refractivity contribution in [2.24, 2.45) is 0 Å². The van der Waals surface area contributed by atoms with Gasteiger partial charge < -0.3 is 9.88 Å². The van der Waals surface area contributed by atoms with Crippen LogP contribution in [0.3, 0.4) is 0 Å². The van der Waals surface area contributed by atoms with E-state index in [0.717, 1.165) is 50.9 Å². The number of nitrogens with zero attached hydrogens (tertiary/aromatic N) is 3. The number of aromatic nitrogens is 4. The number of hydrogen-bond donors (Lipinski definition) is 2. The maximum atomic E-state index is 12.9. The minimum absolute atomic E-state index is 0.0874. The Bertz CT molecular complexity index is 1740. The van der Waals surface area contributed by atoms with Crippen molar-refractivity contribution in [2.45, 2.75) is 32.4 Å². The largest absolute Gasteiger partial charge is 0.416 e. The van der Waals surface area contributed by atoms with Crippen LogP contribution in [-0.2, 0) is 16.4 Å². The van der Waals surface area contributed by atoms with Crippen molar-refractivity contribution in [1.29, 1.82) is 0 Å². The fourth-order valence-corrected chi connectivity index (χ4v) is 5.05. The van der Waals surface area contributed by atoms with Crippen molar-refractivity contribution in [3.8, 4) is 11.5 Å². The number of aromatic amines is 2. The van der Waals surface area contributed by atoms with Crippen LogP contribution in [0.1, 0.15) is 43.0 Å². The van der Waals surface area contributed by atoms with Crippen LogP contribution in [0.2, 0.25) is 0 Å². The van der Waals surface area contributed by atoms with Crippen molar-refractivity contribution in [3.63, 3.8) is 0 Å². The summed E-state index contributed by atoms with van der Waals surface area (Å²) in [5.41, 5.74) is 5.22. The number of likely N-dealkylation sites (N-methyl/N-ethyl adjacent to an activating group) is 1. The number of fused-ring (bicyclic) bond motifs is 3. The summed E-state index contributed by atoms with van der Waals surface area (Å²) in [4.78, 5) is 22.8. The van der Waals surface area contributed by atoms with Crippen LogP contribution in [0.25, 0.3) is 45.6 Å². The first-order chi connectivity index (χ1) is 18.1. The number of carbonyl (C=O) groups excluding carboxylic acids is 1. The third-order valence-corrected chi connectivity index (χ3v) is 7.18. The molecule has 6 nitrogen and oxygen atoms in total. The van der Waals surface area contributed by atoms with Crippen LogP contribution >= 0.6 is 0 Å². The average molecular weight is 516 g/mol. The number of amides is 1. The Morgan fingerprint density at radius 3 is 2.39 bits per heavy atom. The van der Waals surface area contributed by atoms with Crippen LogP contribution < -0.4 is 4.90 Å². The molecule has 192 valence electrons. The van der Waals surface area contributed by atoms with Gasteiger partial charge in [-0.05, 0) is 73.9 Å². The summed E-state index contributed by atoms with van der Waals surface area (Å²) in [5.74, 6) is 0.708. The van der Waals surface area contributed by atoms with Crippen molar-refractivity contribution in [3.05, 3.63) is 76.9 Å². The predicted molar refractivity (Wildman–Crippen MR) is 143 cm³/mol. The molecule has 0 unspecified atom stereocenters. The Balaban J connectivity index is 1.31. The molecule has 2 aromatic heterocycles. The van der Waals surface area contributed by atoms with E-state index in [1.807, 2.05) is 57.2 Å². The lowest BCUT2D eigenvalue weighted by molar-refractivity contribution is -0.137. The Morgan fingerprint density at radius 1 is 0.974 bits per heavy atom. The van der Waals surface area contributed by atoms with Crippen LogP contribution in [0.15, 0.2) is 54.6 Å². The van der Waals surface area contributed by atoms with Crippen LogP contribution in [-0.4, -0.2) is 32.6 Å². The van der Waals surface area contributed by atoms with E-state index in [0.29, 0.717) is 23.6 Å². The number of hydrogen-bond acceptors (Lipinski definition) is 3. The zero-order valence-corrected chi connectivity index (χ0v) is 20.9. The quantitative estimate of drug-likeness (QED) is 0.255. The van der Waals surface area contributed by atoms with E-state index >= 15 is 0 Å². The van der Waals surface area contributed by atoms with Gasteiger partial charge in [0, 0.05) is 11.9 Å². The Morgan fingerprint density at radius 2 is 1.68 bits per heavy atom. The van der Waals surface area contributed by atoms with Gasteiger partial charge in [0.2, 0.25) is 5.91 Å². The number of imidazole rings is 1. The number of benzene rings is 3. The molecule has 0 saturated carbocycles. The van der Waals surface area contributed by atoms with E-state index in [1.54, 1.807) is 11.0 Å². The highest BCUT2D eigenvalue weighted by atomic mass is 19.4. The Labute approximate surface area is 216 Å². The zero-order valence-electron chi connectivity index (χ0n) is 20.9. The summed E-state index contributed by atoms with van der Waals surface area (Å²) < 4.78 is 38.4. The molecule has 0 atom stereocenters. The molecule has 0 radical (unpaired) electrons. The Kier molecular flexibility index (Phi) is 5.24. The summed E-state index contributed by atoms with van der Waals surface area (Å²) in [6.45, 7) is 6.44. The third-order valence-electron chi connectivity index (χ3n) is 7.18. The summed E-state index contributed by atoms with van der Waals surface area (Å²) in [6, 6.07) is 14.8. The monoisotopic (exact) mass is 515 g/mol. The maximum Gasteiger partial charge on any atom is 0.416 e. The van der Waals surface area contributed by atoms with Crippen LogP contribution in [0.5, 0.6) is 0 Å². The maximum absolute atomic E-state index is 12.9. The number of alkyl halides is 3. The molecular weight excluding hydrogens is 491 g/mol. The lowest BCUT2D eigenvalue weighted by Gasteiger charge is -2.18. The normalized spacial score (nSPS) is 15.3. The van der Waals surface area contributed by atoms with Gasteiger partial charge in [-0.15, -0.1) is 0 Å². The van der Waals surface area contributed by atoms with Crippen molar-refractivity contribution >= 4 is 45.7 Å². The van der Waals surface area contributed by atoms with Gasteiger partial charge in [-0.3, -0.25) is 9.89 Å². The first kappa shape index (κ1) is 24.0. The number of carbonyl (C=O) groups is 1.